The van der Waals surface area contributed by atoms with Gasteiger partial charge in [0.2, 0.25) is 0 Å². The van der Waals surface area contributed by atoms with Gasteiger partial charge in [-0.05, 0) is 0 Å². The SMILES string of the molecule is COC(=O)C1O[C@H](CO)[C@@H](O)[C@H](O)[C@H]1O. The number of esters is 1. The number of aliphatic hydroxyl groups is 4. The highest BCUT2D eigenvalue weighted by molar-refractivity contribution is 5.75. The number of carbonyl (C=O) groups is 1. The van der Waals surface area contributed by atoms with E-state index in [0.29, 0.717) is 0 Å². The van der Waals surface area contributed by atoms with E-state index in [1.807, 2.05) is 0 Å². The molecule has 7 heteroatoms. The molecule has 1 saturated heterocycles. The Hall–Kier alpha value is -0.730. The predicted molar refractivity (Wildman–Crippen MR) is 45.8 cm³/mol. The second-order valence-corrected chi connectivity index (χ2v) is 3.27. The first-order valence-electron chi connectivity index (χ1n) is 4.41. The van der Waals surface area contributed by atoms with Crippen molar-refractivity contribution in [2.75, 3.05) is 13.7 Å². The number of ether oxygens (including phenoxy) is 2. The highest BCUT2D eigenvalue weighted by atomic mass is 16.6. The number of methoxy groups -OCH3 is 1. The molecule has 1 heterocycles. The third-order valence-corrected chi connectivity index (χ3v) is 2.33. The molecule has 1 fully saturated rings. The lowest BCUT2D eigenvalue weighted by Gasteiger charge is -2.38. The van der Waals surface area contributed by atoms with Gasteiger partial charge in [0.1, 0.15) is 24.4 Å². The molecule has 0 aromatic rings. The molecule has 1 unspecified atom stereocenters. The molecule has 0 aromatic heterocycles. The van der Waals surface area contributed by atoms with E-state index in [2.05, 4.69) is 4.74 Å². The minimum atomic E-state index is -1.57. The summed E-state index contributed by atoms with van der Waals surface area (Å²) in [4.78, 5) is 11.1. The molecule has 0 aromatic carbocycles. The minimum Gasteiger partial charge on any atom is -0.467 e. The highest BCUT2D eigenvalue weighted by Gasteiger charge is 2.46. The van der Waals surface area contributed by atoms with Crippen LogP contribution in [0.3, 0.4) is 0 Å². The van der Waals surface area contributed by atoms with Crippen molar-refractivity contribution < 1.29 is 34.7 Å². The summed E-state index contributed by atoms with van der Waals surface area (Å²) in [6.07, 6.45) is -7.08. The van der Waals surface area contributed by atoms with Gasteiger partial charge in [0.15, 0.2) is 6.10 Å². The molecule has 7 nitrogen and oxygen atoms in total. The molecule has 4 N–H and O–H groups in total. The fourth-order valence-electron chi connectivity index (χ4n) is 1.41. The van der Waals surface area contributed by atoms with Gasteiger partial charge in [-0.3, -0.25) is 0 Å². The Labute approximate surface area is 85.9 Å². The molecule has 0 aliphatic carbocycles. The number of aliphatic hydroxyl groups excluding tert-OH is 4. The number of rotatable bonds is 2. The second-order valence-electron chi connectivity index (χ2n) is 3.27. The van der Waals surface area contributed by atoms with Gasteiger partial charge in [-0.1, -0.05) is 0 Å². The molecule has 88 valence electrons. The first-order valence-corrected chi connectivity index (χ1v) is 4.41. The predicted octanol–water partition coefficient (Wildman–Crippen LogP) is -3.00. The Balaban J connectivity index is 2.78. The van der Waals surface area contributed by atoms with Crippen molar-refractivity contribution >= 4 is 5.97 Å². The zero-order chi connectivity index (χ0) is 11.6. The Morgan fingerprint density at radius 2 is 1.87 bits per heavy atom. The van der Waals surface area contributed by atoms with E-state index in [9.17, 15) is 20.1 Å². The summed E-state index contributed by atoms with van der Waals surface area (Å²) < 4.78 is 9.24. The molecule has 0 spiro atoms. The maximum Gasteiger partial charge on any atom is 0.337 e. The maximum atomic E-state index is 11.1. The molecular formula is C8H14O7. The van der Waals surface area contributed by atoms with E-state index in [-0.39, 0.29) is 0 Å². The van der Waals surface area contributed by atoms with Crippen LogP contribution in [-0.2, 0) is 14.3 Å². The van der Waals surface area contributed by atoms with Crippen molar-refractivity contribution in [2.24, 2.45) is 0 Å². The van der Waals surface area contributed by atoms with Gasteiger partial charge in [0, 0.05) is 0 Å². The number of hydrogen-bond donors (Lipinski definition) is 4. The Morgan fingerprint density at radius 3 is 2.33 bits per heavy atom. The maximum absolute atomic E-state index is 11.1. The summed E-state index contributed by atoms with van der Waals surface area (Å²) in [6.45, 7) is -0.571. The molecule has 0 bridgehead atoms. The first kappa shape index (κ1) is 12.3. The molecule has 0 amide bonds. The topological polar surface area (TPSA) is 116 Å². The van der Waals surface area contributed by atoms with E-state index < -0.39 is 43.1 Å². The van der Waals surface area contributed by atoms with E-state index in [1.165, 1.54) is 0 Å². The molecular weight excluding hydrogens is 208 g/mol. The van der Waals surface area contributed by atoms with Crippen LogP contribution in [0.15, 0.2) is 0 Å². The number of hydrogen-bond acceptors (Lipinski definition) is 7. The summed E-state index contributed by atoms with van der Waals surface area (Å²) in [7, 11) is 1.10. The smallest absolute Gasteiger partial charge is 0.337 e. The van der Waals surface area contributed by atoms with Crippen LogP contribution in [0.2, 0.25) is 0 Å². The van der Waals surface area contributed by atoms with Crippen molar-refractivity contribution in [1.29, 1.82) is 0 Å². The van der Waals surface area contributed by atoms with Crippen LogP contribution in [-0.4, -0.2) is 70.6 Å². The normalized spacial score (nSPS) is 41.3. The van der Waals surface area contributed by atoms with Gasteiger partial charge in [-0.25, -0.2) is 4.79 Å². The van der Waals surface area contributed by atoms with Crippen molar-refractivity contribution in [1.82, 2.24) is 0 Å². The van der Waals surface area contributed by atoms with Crippen molar-refractivity contribution in [3.63, 3.8) is 0 Å². The van der Waals surface area contributed by atoms with Crippen LogP contribution in [0.5, 0.6) is 0 Å². The lowest BCUT2D eigenvalue weighted by atomic mass is 9.95. The van der Waals surface area contributed by atoms with E-state index in [0.717, 1.165) is 7.11 Å². The molecule has 0 radical (unpaired) electrons. The number of carbonyl (C=O) groups excluding carboxylic acids is 1. The molecule has 1 aliphatic rings. The van der Waals surface area contributed by atoms with Crippen LogP contribution in [0, 0.1) is 0 Å². The highest BCUT2D eigenvalue weighted by Crippen LogP contribution is 2.21. The zero-order valence-electron chi connectivity index (χ0n) is 8.11. The second kappa shape index (κ2) is 4.86. The van der Waals surface area contributed by atoms with E-state index in [1.54, 1.807) is 0 Å². The molecule has 5 atom stereocenters. The Kier molecular flexibility index (Phi) is 4.00. The van der Waals surface area contributed by atoms with Gasteiger partial charge in [-0.2, -0.15) is 0 Å². The Morgan fingerprint density at radius 1 is 1.27 bits per heavy atom. The van der Waals surface area contributed by atoms with Crippen molar-refractivity contribution in [3.05, 3.63) is 0 Å². The van der Waals surface area contributed by atoms with Gasteiger partial charge >= 0.3 is 5.97 Å². The van der Waals surface area contributed by atoms with Crippen LogP contribution in [0.25, 0.3) is 0 Å². The summed E-state index contributed by atoms with van der Waals surface area (Å²) >= 11 is 0. The summed E-state index contributed by atoms with van der Waals surface area (Å²) in [6, 6.07) is 0. The average molecular weight is 222 g/mol. The van der Waals surface area contributed by atoms with Crippen LogP contribution in [0.1, 0.15) is 0 Å². The third-order valence-electron chi connectivity index (χ3n) is 2.33. The van der Waals surface area contributed by atoms with Crippen molar-refractivity contribution in [3.8, 4) is 0 Å². The van der Waals surface area contributed by atoms with E-state index in [4.69, 9.17) is 9.84 Å². The molecule has 15 heavy (non-hydrogen) atoms. The molecule has 1 aliphatic heterocycles. The summed E-state index contributed by atoms with van der Waals surface area (Å²) in [5.41, 5.74) is 0. The van der Waals surface area contributed by atoms with Crippen LogP contribution in [0.4, 0.5) is 0 Å². The third kappa shape index (κ3) is 2.27. The molecule has 0 saturated carbocycles. The van der Waals surface area contributed by atoms with Crippen LogP contribution >= 0.6 is 0 Å². The summed E-state index contributed by atoms with van der Waals surface area (Å²) in [5.74, 6) is -0.869. The van der Waals surface area contributed by atoms with Gasteiger partial charge < -0.3 is 29.9 Å². The Bertz CT molecular complexity index is 229. The quantitative estimate of drug-likeness (QED) is 0.368. The van der Waals surface area contributed by atoms with Crippen molar-refractivity contribution in [2.45, 2.75) is 30.5 Å². The monoisotopic (exact) mass is 222 g/mol. The largest absolute Gasteiger partial charge is 0.467 e. The zero-order valence-corrected chi connectivity index (χ0v) is 8.11. The first-order chi connectivity index (χ1) is 7.02. The summed E-state index contributed by atoms with van der Waals surface area (Å²) in [5, 5.41) is 36.9. The average Bonchev–Trinajstić information content (AvgIpc) is 2.25. The fourth-order valence-corrected chi connectivity index (χ4v) is 1.41. The lowest BCUT2D eigenvalue weighted by molar-refractivity contribution is -0.234. The van der Waals surface area contributed by atoms with Gasteiger partial charge in [0.05, 0.1) is 13.7 Å². The molecule has 1 rings (SSSR count). The van der Waals surface area contributed by atoms with Gasteiger partial charge in [0.25, 0.3) is 0 Å². The standard InChI is InChI=1S/C8H14O7/c1-14-8(13)7-6(12)5(11)4(10)3(2-9)15-7/h3-7,9-12H,2H2,1H3/t3-,4-,5+,6-,7?/m1/s1. The van der Waals surface area contributed by atoms with E-state index >= 15 is 0 Å². The minimum absolute atomic E-state index is 0.571. The lowest BCUT2D eigenvalue weighted by Crippen LogP contribution is -2.60. The van der Waals surface area contributed by atoms with Crippen LogP contribution < -0.4 is 0 Å². The van der Waals surface area contributed by atoms with Gasteiger partial charge in [-0.15, -0.1) is 0 Å². The fraction of sp³-hybridized carbons (Fsp3) is 0.875.